The smallest absolute Gasteiger partial charge is 0.317 e. The van der Waals surface area contributed by atoms with E-state index in [1.165, 1.54) is 12.8 Å². The number of likely N-dealkylation sites (tertiary alicyclic amines) is 1. The van der Waals surface area contributed by atoms with Crippen molar-refractivity contribution in [3.63, 3.8) is 0 Å². The van der Waals surface area contributed by atoms with E-state index in [0.29, 0.717) is 18.8 Å². The van der Waals surface area contributed by atoms with Crippen molar-refractivity contribution in [3.05, 3.63) is 0 Å². The van der Waals surface area contributed by atoms with Crippen molar-refractivity contribution >= 4 is 12.0 Å². The van der Waals surface area contributed by atoms with Crippen LogP contribution in [0.3, 0.4) is 0 Å². The normalized spacial score (nSPS) is 30.5. The van der Waals surface area contributed by atoms with Gasteiger partial charge in [0.05, 0.1) is 5.41 Å². The van der Waals surface area contributed by atoms with Crippen molar-refractivity contribution in [1.29, 1.82) is 0 Å². The van der Waals surface area contributed by atoms with Crippen LogP contribution in [-0.2, 0) is 4.79 Å². The second kappa shape index (κ2) is 7.14. The monoisotopic (exact) mass is 296 g/mol. The van der Waals surface area contributed by atoms with Crippen LogP contribution < -0.4 is 5.32 Å². The van der Waals surface area contributed by atoms with E-state index in [0.717, 1.165) is 38.8 Å². The molecule has 2 rings (SSSR count). The summed E-state index contributed by atoms with van der Waals surface area (Å²) in [6.07, 6.45) is 7.68. The van der Waals surface area contributed by atoms with Gasteiger partial charge >= 0.3 is 12.0 Å². The molecule has 0 aromatic carbocycles. The highest BCUT2D eigenvalue weighted by Gasteiger charge is 2.41. The lowest BCUT2D eigenvalue weighted by atomic mass is 9.71. The van der Waals surface area contributed by atoms with Gasteiger partial charge in [-0.2, -0.15) is 0 Å². The van der Waals surface area contributed by atoms with Gasteiger partial charge in [-0.15, -0.1) is 0 Å². The molecule has 2 amide bonds. The Balaban J connectivity index is 1.89. The molecule has 5 heteroatoms. The first-order valence-electron chi connectivity index (χ1n) is 8.30. The Bertz CT molecular complexity index is 368. The molecule has 1 aliphatic heterocycles. The topological polar surface area (TPSA) is 69.6 Å². The maximum Gasteiger partial charge on any atom is 0.317 e. The van der Waals surface area contributed by atoms with E-state index in [2.05, 4.69) is 12.2 Å². The molecule has 0 bridgehead atoms. The number of nitrogens with one attached hydrogen (secondary N) is 1. The molecule has 1 saturated heterocycles. The summed E-state index contributed by atoms with van der Waals surface area (Å²) < 4.78 is 0. The maximum absolute atomic E-state index is 12.2. The van der Waals surface area contributed by atoms with Crippen LogP contribution >= 0.6 is 0 Å². The zero-order valence-electron chi connectivity index (χ0n) is 13.1. The zero-order chi connectivity index (χ0) is 15.3. The Morgan fingerprint density at radius 3 is 2.24 bits per heavy atom. The number of hydrogen-bond donors (Lipinski definition) is 2. The van der Waals surface area contributed by atoms with Crippen LogP contribution in [0.15, 0.2) is 0 Å². The molecule has 0 radical (unpaired) electrons. The third-order valence-electron chi connectivity index (χ3n) is 5.16. The molecule has 0 aromatic rings. The average Bonchev–Trinajstić information content (AvgIpc) is 2.75. The van der Waals surface area contributed by atoms with Gasteiger partial charge in [-0.1, -0.05) is 19.8 Å². The van der Waals surface area contributed by atoms with Crippen LogP contribution in [0, 0.1) is 11.3 Å². The number of hydrogen-bond acceptors (Lipinski definition) is 2. The van der Waals surface area contributed by atoms with Crippen LogP contribution in [0.5, 0.6) is 0 Å². The van der Waals surface area contributed by atoms with Crippen molar-refractivity contribution in [2.75, 3.05) is 19.6 Å². The van der Waals surface area contributed by atoms with E-state index in [9.17, 15) is 14.7 Å². The quantitative estimate of drug-likeness (QED) is 0.841. The van der Waals surface area contributed by atoms with Gasteiger partial charge in [0.2, 0.25) is 0 Å². The first-order valence-corrected chi connectivity index (χ1v) is 8.30. The molecule has 2 fully saturated rings. The summed E-state index contributed by atoms with van der Waals surface area (Å²) in [5.74, 6) is -0.163. The number of carboxylic acid groups (broad SMARTS) is 1. The van der Waals surface area contributed by atoms with Gasteiger partial charge in [0.25, 0.3) is 0 Å². The molecule has 1 aliphatic carbocycles. The van der Waals surface area contributed by atoms with Crippen LogP contribution in [0.4, 0.5) is 4.79 Å². The summed E-state index contributed by atoms with van der Waals surface area (Å²) in [7, 11) is 0. The molecule has 2 aliphatic rings. The summed E-state index contributed by atoms with van der Waals surface area (Å²) in [6.45, 7) is 4.03. The molecular formula is C16H28N2O3. The first kappa shape index (κ1) is 16.1. The molecule has 1 heterocycles. The molecule has 120 valence electrons. The summed E-state index contributed by atoms with van der Waals surface area (Å²) in [5.41, 5.74) is -0.756. The lowest BCUT2D eigenvalue weighted by Gasteiger charge is -2.36. The summed E-state index contributed by atoms with van der Waals surface area (Å²) >= 11 is 0. The third-order valence-corrected chi connectivity index (χ3v) is 5.16. The standard InChI is InChI=1S/C16H28N2O3/c1-13-6-8-16(9-7-13,14(19)20)12-17-15(21)18-10-4-2-3-5-11-18/h13H,2-12H2,1H3,(H,17,21)(H,19,20). The van der Waals surface area contributed by atoms with E-state index < -0.39 is 11.4 Å². The van der Waals surface area contributed by atoms with Crippen molar-refractivity contribution < 1.29 is 14.7 Å². The molecule has 2 N–H and O–H groups in total. The summed E-state index contributed by atoms with van der Waals surface area (Å²) in [4.78, 5) is 25.7. The van der Waals surface area contributed by atoms with Gasteiger partial charge in [0, 0.05) is 19.6 Å². The van der Waals surface area contributed by atoms with Crippen LogP contribution in [-0.4, -0.2) is 41.6 Å². The predicted octanol–water partition coefficient (Wildman–Crippen LogP) is 2.85. The fourth-order valence-electron chi connectivity index (χ4n) is 3.41. The lowest BCUT2D eigenvalue weighted by molar-refractivity contribution is -0.151. The number of urea groups is 1. The molecule has 0 unspecified atom stereocenters. The van der Waals surface area contributed by atoms with Crippen LogP contribution in [0.1, 0.15) is 58.3 Å². The van der Waals surface area contributed by atoms with E-state index in [4.69, 9.17) is 0 Å². The summed E-state index contributed by atoms with van der Waals surface area (Å²) in [6, 6.07) is -0.0869. The molecule has 0 aromatic heterocycles. The Hall–Kier alpha value is -1.26. The molecule has 5 nitrogen and oxygen atoms in total. The largest absolute Gasteiger partial charge is 0.481 e. The Labute approximate surface area is 127 Å². The van der Waals surface area contributed by atoms with Crippen LogP contribution in [0.2, 0.25) is 0 Å². The average molecular weight is 296 g/mol. The second-order valence-electron chi connectivity index (χ2n) is 6.83. The number of amides is 2. The van der Waals surface area contributed by atoms with E-state index in [-0.39, 0.29) is 12.6 Å². The van der Waals surface area contributed by atoms with Gasteiger partial charge in [0.15, 0.2) is 0 Å². The molecular weight excluding hydrogens is 268 g/mol. The van der Waals surface area contributed by atoms with E-state index in [1.807, 2.05) is 4.90 Å². The fraction of sp³-hybridized carbons (Fsp3) is 0.875. The SMILES string of the molecule is CC1CCC(CNC(=O)N2CCCCCC2)(C(=O)O)CC1. The minimum absolute atomic E-state index is 0.0869. The van der Waals surface area contributed by atoms with Gasteiger partial charge in [-0.25, -0.2) is 4.79 Å². The lowest BCUT2D eigenvalue weighted by Crippen LogP contribution is -2.49. The highest BCUT2D eigenvalue weighted by molar-refractivity contribution is 5.78. The fourth-order valence-corrected chi connectivity index (χ4v) is 3.41. The number of carboxylic acids is 1. The van der Waals surface area contributed by atoms with Gasteiger partial charge in [0.1, 0.15) is 0 Å². The number of aliphatic carboxylic acids is 1. The Kier molecular flexibility index (Phi) is 5.48. The maximum atomic E-state index is 12.2. The van der Waals surface area contributed by atoms with Crippen molar-refractivity contribution in [2.24, 2.45) is 11.3 Å². The first-order chi connectivity index (χ1) is 10.0. The number of carbonyl (C=O) groups is 2. The zero-order valence-corrected chi connectivity index (χ0v) is 13.1. The molecule has 0 atom stereocenters. The van der Waals surface area contributed by atoms with Gasteiger partial charge < -0.3 is 15.3 Å². The minimum atomic E-state index is -0.759. The molecule has 1 saturated carbocycles. The van der Waals surface area contributed by atoms with Gasteiger partial charge in [-0.05, 0) is 44.4 Å². The molecule has 21 heavy (non-hydrogen) atoms. The van der Waals surface area contributed by atoms with Crippen molar-refractivity contribution in [2.45, 2.75) is 58.3 Å². The van der Waals surface area contributed by atoms with E-state index >= 15 is 0 Å². The highest BCUT2D eigenvalue weighted by Crippen LogP contribution is 2.38. The van der Waals surface area contributed by atoms with Crippen molar-refractivity contribution in [1.82, 2.24) is 10.2 Å². The van der Waals surface area contributed by atoms with E-state index in [1.54, 1.807) is 0 Å². The number of carbonyl (C=O) groups excluding carboxylic acids is 1. The number of nitrogens with zero attached hydrogens (tertiary/aromatic N) is 1. The third kappa shape index (κ3) is 4.11. The minimum Gasteiger partial charge on any atom is -0.481 e. The highest BCUT2D eigenvalue weighted by atomic mass is 16.4. The Morgan fingerprint density at radius 2 is 1.71 bits per heavy atom. The second-order valence-corrected chi connectivity index (χ2v) is 6.83. The van der Waals surface area contributed by atoms with Crippen molar-refractivity contribution in [3.8, 4) is 0 Å². The van der Waals surface area contributed by atoms with Crippen LogP contribution in [0.25, 0.3) is 0 Å². The predicted molar refractivity (Wildman–Crippen MR) is 81.1 cm³/mol. The molecule has 0 spiro atoms. The number of rotatable bonds is 3. The Morgan fingerprint density at radius 1 is 1.14 bits per heavy atom. The summed E-state index contributed by atoms with van der Waals surface area (Å²) in [5, 5.41) is 12.5. The van der Waals surface area contributed by atoms with Gasteiger partial charge in [-0.3, -0.25) is 4.79 Å².